The van der Waals surface area contributed by atoms with E-state index in [-0.39, 0.29) is 36.8 Å². The number of ether oxygens (including phenoxy) is 2. The van der Waals surface area contributed by atoms with Gasteiger partial charge in [0.2, 0.25) is 5.91 Å². The van der Waals surface area contributed by atoms with Crippen LogP contribution in [-0.2, 0) is 20.7 Å². The van der Waals surface area contributed by atoms with Crippen molar-refractivity contribution in [2.45, 2.75) is 12.5 Å². The van der Waals surface area contributed by atoms with Gasteiger partial charge in [-0.15, -0.1) is 24.8 Å². The van der Waals surface area contributed by atoms with Gasteiger partial charge in [-0.2, -0.15) is 0 Å². The average Bonchev–Trinajstić information content (AvgIpc) is 2.63. The summed E-state index contributed by atoms with van der Waals surface area (Å²) in [6.07, 6.45) is 1.02. The lowest BCUT2D eigenvalue weighted by Crippen LogP contribution is -2.48. The summed E-state index contributed by atoms with van der Waals surface area (Å²) in [5.74, 6) is -0.0363. The number of carbonyl (C=O) groups excluding carboxylic acids is 1. The molecule has 1 amide bonds. The Morgan fingerprint density at radius 2 is 1.84 bits per heavy atom. The normalized spacial score (nSPS) is 20.9. The standard InChI is InChI=1S/C17H25N3O3.2ClH/c21-17(16-13-23-10-6-18-16)19-15-3-1-14(2-4-15)5-7-20-8-11-22-12-9-20;;/h1-4,16,18H,5-13H2,(H,19,21);2*1H. The van der Waals surface area contributed by atoms with E-state index >= 15 is 0 Å². The van der Waals surface area contributed by atoms with Crippen LogP contribution in [0.3, 0.4) is 0 Å². The number of morpholine rings is 2. The van der Waals surface area contributed by atoms with Gasteiger partial charge in [0.1, 0.15) is 6.04 Å². The van der Waals surface area contributed by atoms with Crippen molar-refractivity contribution in [2.75, 3.05) is 57.9 Å². The van der Waals surface area contributed by atoms with Crippen LogP contribution in [0.25, 0.3) is 0 Å². The summed E-state index contributed by atoms with van der Waals surface area (Å²) in [5, 5.41) is 6.09. The van der Waals surface area contributed by atoms with Crippen LogP contribution in [0.4, 0.5) is 5.69 Å². The van der Waals surface area contributed by atoms with Gasteiger partial charge in [0.15, 0.2) is 0 Å². The molecule has 0 bridgehead atoms. The average molecular weight is 392 g/mol. The monoisotopic (exact) mass is 391 g/mol. The lowest BCUT2D eigenvalue weighted by atomic mass is 10.1. The van der Waals surface area contributed by atoms with Gasteiger partial charge < -0.3 is 20.1 Å². The Balaban J connectivity index is 0.00000156. The third kappa shape index (κ3) is 7.09. The van der Waals surface area contributed by atoms with Crippen molar-refractivity contribution in [3.8, 4) is 0 Å². The Labute approximate surface area is 161 Å². The van der Waals surface area contributed by atoms with E-state index < -0.39 is 0 Å². The van der Waals surface area contributed by atoms with Crippen LogP contribution in [0.1, 0.15) is 5.56 Å². The fourth-order valence-corrected chi connectivity index (χ4v) is 2.83. The van der Waals surface area contributed by atoms with Gasteiger partial charge in [-0.3, -0.25) is 9.69 Å². The minimum atomic E-state index is -0.259. The molecular formula is C17H27Cl2N3O3. The van der Waals surface area contributed by atoms with Gasteiger partial charge >= 0.3 is 0 Å². The van der Waals surface area contributed by atoms with Gasteiger partial charge in [-0.05, 0) is 24.1 Å². The molecule has 1 unspecified atom stereocenters. The second-order valence-corrected chi connectivity index (χ2v) is 5.97. The van der Waals surface area contributed by atoms with Crippen molar-refractivity contribution in [1.29, 1.82) is 0 Å². The highest BCUT2D eigenvalue weighted by Crippen LogP contribution is 2.12. The molecule has 1 aromatic carbocycles. The summed E-state index contributed by atoms with van der Waals surface area (Å²) in [5.41, 5.74) is 2.12. The number of rotatable bonds is 5. The maximum Gasteiger partial charge on any atom is 0.243 e. The minimum absolute atomic E-state index is 0. The fourth-order valence-electron chi connectivity index (χ4n) is 2.83. The predicted molar refractivity (Wildman–Crippen MR) is 103 cm³/mol. The number of halogens is 2. The van der Waals surface area contributed by atoms with Crippen LogP contribution in [0.5, 0.6) is 0 Å². The summed E-state index contributed by atoms with van der Waals surface area (Å²) >= 11 is 0. The molecule has 2 aliphatic heterocycles. The van der Waals surface area contributed by atoms with Crippen LogP contribution in [-0.4, -0.2) is 69.5 Å². The lowest BCUT2D eigenvalue weighted by molar-refractivity contribution is -0.120. The van der Waals surface area contributed by atoms with Crippen molar-refractivity contribution in [2.24, 2.45) is 0 Å². The molecule has 8 heteroatoms. The number of hydrogen-bond donors (Lipinski definition) is 2. The Kier molecular flexibility index (Phi) is 10.3. The molecule has 25 heavy (non-hydrogen) atoms. The Morgan fingerprint density at radius 3 is 2.48 bits per heavy atom. The molecule has 2 N–H and O–H groups in total. The number of nitrogens with one attached hydrogen (secondary N) is 2. The zero-order chi connectivity index (χ0) is 15.9. The molecule has 0 saturated carbocycles. The smallest absolute Gasteiger partial charge is 0.243 e. The first kappa shape index (κ1) is 22.2. The van der Waals surface area contributed by atoms with E-state index in [0.29, 0.717) is 13.2 Å². The second-order valence-electron chi connectivity index (χ2n) is 5.97. The molecule has 2 fully saturated rings. The number of anilines is 1. The molecule has 2 saturated heterocycles. The largest absolute Gasteiger partial charge is 0.379 e. The van der Waals surface area contributed by atoms with Crippen molar-refractivity contribution in [3.63, 3.8) is 0 Å². The Hall–Kier alpha value is -0.890. The van der Waals surface area contributed by atoms with Crippen LogP contribution >= 0.6 is 24.8 Å². The third-order valence-electron chi connectivity index (χ3n) is 4.28. The van der Waals surface area contributed by atoms with E-state index in [1.807, 2.05) is 12.1 Å². The van der Waals surface area contributed by atoms with E-state index in [0.717, 1.165) is 51.5 Å². The lowest BCUT2D eigenvalue weighted by Gasteiger charge is -2.26. The van der Waals surface area contributed by atoms with Gasteiger partial charge in [0.25, 0.3) is 0 Å². The van der Waals surface area contributed by atoms with Crippen molar-refractivity contribution < 1.29 is 14.3 Å². The molecule has 142 valence electrons. The van der Waals surface area contributed by atoms with Gasteiger partial charge in [-0.25, -0.2) is 0 Å². The van der Waals surface area contributed by atoms with Gasteiger partial charge in [-0.1, -0.05) is 12.1 Å². The van der Waals surface area contributed by atoms with Crippen molar-refractivity contribution in [1.82, 2.24) is 10.2 Å². The third-order valence-corrected chi connectivity index (χ3v) is 4.28. The summed E-state index contributed by atoms with van der Waals surface area (Å²) < 4.78 is 10.7. The predicted octanol–water partition coefficient (Wildman–Crippen LogP) is 1.33. The first-order chi connectivity index (χ1) is 11.3. The molecule has 2 aliphatic rings. The summed E-state index contributed by atoms with van der Waals surface area (Å²) in [7, 11) is 0. The quantitative estimate of drug-likeness (QED) is 0.792. The second kappa shape index (κ2) is 11.7. The zero-order valence-corrected chi connectivity index (χ0v) is 15.9. The van der Waals surface area contributed by atoms with Crippen LogP contribution in [0, 0.1) is 0 Å². The van der Waals surface area contributed by atoms with Crippen molar-refractivity contribution >= 4 is 36.4 Å². The van der Waals surface area contributed by atoms with Gasteiger partial charge in [0.05, 0.1) is 26.4 Å². The first-order valence-corrected chi connectivity index (χ1v) is 8.32. The maximum atomic E-state index is 12.1. The number of hydrogen-bond acceptors (Lipinski definition) is 5. The van der Waals surface area contributed by atoms with E-state index in [1.165, 1.54) is 5.56 Å². The van der Waals surface area contributed by atoms with Crippen LogP contribution < -0.4 is 10.6 Å². The fraction of sp³-hybridized carbons (Fsp3) is 0.588. The number of nitrogens with zero attached hydrogens (tertiary/aromatic N) is 1. The summed E-state index contributed by atoms with van der Waals surface area (Å²) in [6, 6.07) is 7.85. The molecule has 3 rings (SSSR count). The van der Waals surface area contributed by atoms with E-state index in [4.69, 9.17) is 9.47 Å². The molecular weight excluding hydrogens is 365 g/mol. The van der Waals surface area contributed by atoms with E-state index in [2.05, 4.69) is 27.7 Å². The van der Waals surface area contributed by atoms with Gasteiger partial charge in [0, 0.05) is 31.9 Å². The highest BCUT2D eigenvalue weighted by Gasteiger charge is 2.21. The number of amides is 1. The molecule has 0 spiro atoms. The Bertz CT molecular complexity index is 504. The molecule has 1 atom stereocenters. The molecule has 2 heterocycles. The molecule has 6 nitrogen and oxygen atoms in total. The van der Waals surface area contributed by atoms with Crippen LogP contribution in [0.2, 0.25) is 0 Å². The number of carbonyl (C=O) groups is 1. The SMILES string of the molecule is Cl.Cl.O=C(Nc1ccc(CCN2CCOCC2)cc1)C1COCCN1. The highest BCUT2D eigenvalue weighted by atomic mass is 35.5. The van der Waals surface area contributed by atoms with Crippen molar-refractivity contribution in [3.05, 3.63) is 29.8 Å². The molecule has 0 radical (unpaired) electrons. The highest BCUT2D eigenvalue weighted by molar-refractivity contribution is 5.95. The molecule has 0 aliphatic carbocycles. The first-order valence-electron chi connectivity index (χ1n) is 8.32. The summed E-state index contributed by atoms with van der Waals surface area (Å²) in [6.45, 7) is 6.59. The number of benzene rings is 1. The molecule has 0 aromatic heterocycles. The van der Waals surface area contributed by atoms with E-state index in [1.54, 1.807) is 0 Å². The topological polar surface area (TPSA) is 62.8 Å². The Morgan fingerprint density at radius 1 is 1.12 bits per heavy atom. The zero-order valence-electron chi connectivity index (χ0n) is 14.2. The van der Waals surface area contributed by atoms with E-state index in [9.17, 15) is 4.79 Å². The molecule has 1 aromatic rings. The van der Waals surface area contributed by atoms with Crippen LogP contribution in [0.15, 0.2) is 24.3 Å². The summed E-state index contributed by atoms with van der Waals surface area (Å²) in [4.78, 5) is 14.5. The maximum absolute atomic E-state index is 12.1. The minimum Gasteiger partial charge on any atom is -0.379 e.